The zero-order chi connectivity index (χ0) is 14.7. The van der Waals surface area contributed by atoms with Crippen LogP contribution in [0.5, 0.6) is 0 Å². The second kappa shape index (κ2) is 6.04. The van der Waals surface area contributed by atoms with Crippen LogP contribution in [0.3, 0.4) is 0 Å². The summed E-state index contributed by atoms with van der Waals surface area (Å²) in [5, 5.41) is 15.4. The summed E-state index contributed by atoms with van der Waals surface area (Å²) in [7, 11) is 0. The molecule has 110 valence electrons. The fourth-order valence-electron chi connectivity index (χ4n) is 2.41. The highest BCUT2D eigenvalue weighted by Gasteiger charge is 2.35. The third kappa shape index (κ3) is 3.36. The van der Waals surface area contributed by atoms with E-state index in [1.165, 1.54) is 0 Å². The lowest BCUT2D eigenvalue weighted by Crippen LogP contribution is -2.54. The molecule has 1 aliphatic rings. The topological polar surface area (TPSA) is 95.7 Å². The molecular formula is C13H19N3O4. The summed E-state index contributed by atoms with van der Waals surface area (Å²) >= 11 is 0. The number of nitrogens with one attached hydrogen (secondary N) is 1. The summed E-state index contributed by atoms with van der Waals surface area (Å²) in [5.74, 6) is -0.468. The van der Waals surface area contributed by atoms with E-state index in [-0.39, 0.29) is 30.2 Å². The Labute approximate surface area is 116 Å². The summed E-state index contributed by atoms with van der Waals surface area (Å²) in [6.07, 6.45) is 1.54. The molecule has 0 unspecified atom stereocenters. The minimum Gasteiger partial charge on any atom is -0.480 e. The van der Waals surface area contributed by atoms with E-state index in [1.807, 2.05) is 11.8 Å². The fraction of sp³-hybridized carbons (Fsp3) is 0.615. The average Bonchev–Trinajstić information content (AvgIpc) is 2.77. The zero-order valence-electron chi connectivity index (χ0n) is 11.6. The molecule has 20 heavy (non-hydrogen) atoms. The Bertz CT molecular complexity index is 494. The van der Waals surface area contributed by atoms with Crippen molar-refractivity contribution < 1.29 is 19.2 Å². The number of nitrogens with zero attached hydrogens (tertiary/aromatic N) is 2. The van der Waals surface area contributed by atoms with E-state index >= 15 is 0 Å². The SMILES string of the molecule is CCN(CC(=O)O)C1CC(NC(=O)c2cc(C)on2)C1. The third-order valence-corrected chi connectivity index (χ3v) is 3.57. The van der Waals surface area contributed by atoms with Crippen LogP contribution in [-0.4, -0.2) is 52.2 Å². The number of likely N-dealkylation sites (N-methyl/N-ethyl adjacent to an activating group) is 1. The number of aryl methyl sites for hydroxylation is 1. The van der Waals surface area contributed by atoms with Gasteiger partial charge < -0.3 is 14.9 Å². The van der Waals surface area contributed by atoms with Crippen LogP contribution >= 0.6 is 0 Å². The van der Waals surface area contributed by atoms with Crippen molar-refractivity contribution in [1.82, 2.24) is 15.4 Å². The Morgan fingerprint density at radius 3 is 2.75 bits per heavy atom. The lowest BCUT2D eigenvalue weighted by Gasteiger charge is -2.42. The minimum atomic E-state index is -0.822. The molecule has 0 spiro atoms. The predicted molar refractivity (Wildman–Crippen MR) is 70.4 cm³/mol. The first-order chi connectivity index (χ1) is 9.49. The van der Waals surface area contributed by atoms with Gasteiger partial charge in [0.25, 0.3) is 5.91 Å². The second-order valence-electron chi connectivity index (χ2n) is 5.08. The lowest BCUT2D eigenvalue weighted by atomic mass is 9.85. The van der Waals surface area contributed by atoms with E-state index in [0.717, 1.165) is 12.8 Å². The summed E-state index contributed by atoms with van der Waals surface area (Å²) in [4.78, 5) is 24.5. The monoisotopic (exact) mass is 281 g/mol. The Balaban J connectivity index is 1.78. The van der Waals surface area contributed by atoms with E-state index in [2.05, 4.69) is 10.5 Å². The molecule has 1 fully saturated rings. The van der Waals surface area contributed by atoms with Crippen LogP contribution in [-0.2, 0) is 4.79 Å². The van der Waals surface area contributed by atoms with Crippen molar-refractivity contribution in [2.45, 2.75) is 38.8 Å². The summed E-state index contributed by atoms with van der Waals surface area (Å²) in [6.45, 7) is 4.41. The molecule has 0 aliphatic heterocycles. The number of carbonyl (C=O) groups excluding carboxylic acids is 1. The molecule has 7 heteroatoms. The number of hydrogen-bond donors (Lipinski definition) is 2. The van der Waals surface area contributed by atoms with Gasteiger partial charge in [0.1, 0.15) is 5.76 Å². The van der Waals surface area contributed by atoms with Gasteiger partial charge in [0.2, 0.25) is 0 Å². The molecule has 0 radical (unpaired) electrons. The zero-order valence-corrected chi connectivity index (χ0v) is 11.6. The van der Waals surface area contributed by atoms with E-state index in [4.69, 9.17) is 9.63 Å². The van der Waals surface area contributed by atoms with Gasteiger partial charge in [0.05, 0.1) is 6.54 Å². The largest absolute Gasteiger partial charge is 0.480 e. The normalized spacial score (nSPS) is 21.6. The van der Waals surface area contributed by atoms with Crippen molar-refractivity contribution in [1.29, 1.82) is 0 Å². The van der Waals surface area contributed by atoms with E-state index in [0.29, 0.717) is 12.3 Å². The highest BCUT2D eigenvalue weighted by Crippen LogP contribution is 2.25. The number of carbonyl (C=O) groups is 2. The maximum atomic E-state index is 11.8. The van der Waals surface area contributed by atoms with Gasteiger partial charge in [-0.05, 0) is 26.3 Å². The van der Waals surface area contributed by atoms with E-state index < -0.39 is 5.97 Å². The van der Waals surface area contributed by atoms with Gasteiger partial charge in [0, 0.05) is 18.2 Å². The number of carboxylic acid groups (broad SMARTS) is 1. The van der Waals surface area contributed by atoms with Gasteiger partial charge in [0.15, 0.2) is 5.69 Å². The Kier molecular flexibility index (Phi) is 4.39. The maximum absolute atomic E-state index is 11.8. The van der Waals surface area contributed by atoms with Crippen molar-refractivity contribution >= 4 is 11.9 Å². The summed E-state index contributed by atoms with van der Waals surface area (Å²) in [6, 6.07) is 1.89. The summed E-state index contributed by atoms with van der Waals surface area (Å²) < 4.78 is 4.86. The van der Waals surface area contributed by atoms with E-state index in [1.54, 1.807) is 13.0 Å². The number of aromatic nitrogens is 1. The van der Waals surface area contributed by atoms with Crippen molar-refractivity contribution in [2.75, 3.05) is 13.1 Å². The maximum Gasteiger partial charge on any atom is 0.317 e. The van der Waals surface area contributed by atoms with Crippen molar-refractivity contribution in [3.8, 4) is 0 Å². The Morgan fingerprint density at radius 1 is 1.55 bits per heavy atom. The molecule has 2 N–H and O–H groups in total. The molecule has 0 saturated heterocycles. The molecule has 1 amide bonds. The van der Waals surface area contributed by atoms with Crippen LogP contribution in [0.4, 0.5) is 0 Å². The molecule has 0 bridgehead atoms. The van der Waals surface area contributed by atoms with Crippen molar-refractivity contribution in [3.05, 3.63) is 17.5 Å². The Hall–Kier alpha value is -1.89. The van der Waals surface area contributed by atoms with Crippen LogP contribution in [0, 0.1) is 6.92 Å². The van der Waals surface area contributed by atoms with Crippen LogP contribution in [0.2, 0.25) is 0 Å². The van der Waals surface area contributed by atoms with Crippen LogP contribution in [0.15, 0.2) is 10.6 Å². The second-order valence-corrected chi connectivity index (χ2v) is 5.08. The van der Waals surface area contributed by atoms with Crippen molar-refractivity contribution in [2.24, 2.45) is 0 Å². The predicted octanol–water partition coefficient (Wildman–Crippen LogP) is 0.650. The molecule has 1 aromatic rings. The summed E-state index contributed by atoms with van der Waals surface area (Å²) in [5.41, 5.74) is 0.281. The first-order valence-corrected chi connectivity index (χ1v) is 6.69. The molecule has 7 nitrogen and oxygen atoms in total. The van der Waals surface area contributed by atoms with Gasteiger partial charge in [-0.25, -0.2) is 0 Å². The van der Waals surface area contributed by atoms with Crippen LogP contribution < -0.4 is 5.32 Å². The molecule has 1 heterocycles. The quantitative estimate of drug-likeness (QED) is 0.795. The number of carboxylic acids is 1. The Morgan fingerprint density at radius 2 is 2.25 bits per heavy atom. The first-order valence-electron chi connectivity index (χ1n) is 6.69. The average molecular weight is 281 g/mol. The smallest absolute Gasteiger partial charge is 0.317 e. The lowest BCUT2D eigenvalue weighted by molar-refractivity contribution is -0.139. The van der Waals surface area contributed by atoms with Gasteiger partial charge in [-0.3, -0.25) is 14.5 Å². The first kappa shape index (κ1) is 14.5. The minimum absolute atomic E-state index is 0.0459. The number of rotatable bonds is 6. The molecule has 2 rings (SSSR count). The van der Waals surface area contributed by atoms with Gasteiger partial charge in [-0.2, -0.15) is 0 Å². The standard InChI is InChI=1S/C13H19N3O4/c1-3-16(7-12(17)18)10-5-9(6-10)14-13(19)11-4-8(2)20-15-11/h4,9-10H,3,5-7H2,1-2H3,(H,14,19)(H,17,18). The number of hydrogen-bond acceptors (Lipinski definition) is 5. The fourth-order valence-corrected chi connectivity index (χ4v) is 2.41. The van der Waals surface area contributed by atoms with E-state index in [9.17, 15) is 9.59 Å². The van der Waals surface area contributed by atoms with Crippen LogP contribution in [0.1, 0.15) is 36.0 Å². The van der Waals surface area contributed by atoms with Crippen LogP contribution in [0.25, 0.3) is 0 Å². The number of amides is 1. The molecule has 1 aliphatic carbocycles. The third-order valence-electron chi connectivity index (χ3n) is 3.57. The highest BCUT2D eigenvalue weighted by molar-refractivity contribution is 5.92. The van der Waals surface area contributed by atoms with Gasteiger partial charge in [-0.1, -0.05) is 12.1 Å². The van der Waals surface area contributed by atoms with Gasteiger partial charge >= 0.3 is 5.97 Å². The number of aliphatic carboxylic acids is 1. The molecule has 0 atom stereocenters. The molecule has 0 aromatic carbocycles. The molecular weight excluding hydrogens is 262 g/mol. The molecule has 1 saturated carbocycles. The molecule has 1 aromatic heterocycles. The highest BCUT2D eigenvalue weighted by atomic mass is 16.5. The van der Waals surface area contributed by atoms with Crippen molar-refractivity contribution in [3.63, 3.8) is 0 Å². The van der Waals surface area contributed by atoms with Gasteiger partial charge in [-0.15, -0.1) is 0 Å².